The summed E-state index contributed by atoms with van der Waals surface area (Å²) in [5, 5.41) is 0. The predicted molar refractivity (Wildman–Crippen MR) is 145 cm³/mol. The fraction of sp³-hybridized carbons (Fsp3) is 0.594. The van der Waals surface area contributed by atoms with Crippen molar-refractivity contribution in [3.8, 4) is 16.9 Å². The summed E-state index contributed by atoms with van der Waals surface area (Å²) < 4.78 is 5.94. The minimum absolute atomic E-state index is 0.0962. The van der Waals surface area contributed by atoms with E-state index in [9.17, 15) is 4.79 Å². The number of ketones is 1. The van der Waals surface area contributed by atoms with E-state index in [1.807, 2.05) is 0 Å². The highest BCUT2D eigenvalue weighted by Crippen LogP contribution is 2.36. The van der Waals surface area contributed by atoms with Crippen molar-refractivity contribution >= 4 is 5.78 Å². The molecule has 1 aliphatic carbocycles. The summed E-state index contributed by atoms with van der Waals surface area (Å²) in [6.07, 6.45) is 17.2. The Balaban J connectivity index is 1.42. The van der Waals surface area contributed by atoms with Crippen molar-refractivity contribution in [1.29, 1.82) is 0 Å². The highest BCUT2D eigenvalue weighted by molar-refractivity contribution is 5.86. The summed E-state index contributed by atoms with van der Waals surface area (Å²) in [6, 6.07) is 17.1. The fourth-order valence-corrected chi connectivity index (χ4v) is 5.27. The fourth-order valence-electron chi connectivity index (χ4n) is 5.27. The summed E-state index contributed by atoms with van der Waals surface area (Å²) in [5.74, 6) is 2.11. The molecule has 0 N–H and O–H groups in total. The number of hydrogen-bond acceptors (Lipinski definition) is 2. The molecule has 1 fully saturated rings. The van der Waals surface area contributed by atoms with Crippen LogP contribution < -0.4 is 4.74 Å². The van der Waals surface area contributed by atoms with Gasteiger partial charge in [-0.3, -0.25) is 4.79 Å². The molecule has 186 valence electrons. The number of hydrogen-bond donors (Lipinski definition) is 0. The highest BCUT2D eigenvalue weighted by atomic mass is 16.5. The van der Waals surface area contributed by atoms with E-state index in [1.54, 1.807) is 0 Å². The van der Waals surface area contributed by atoms with E-state index in [0.717, 1.165) is 31.6 Å². The van der Waals surface area contributed by atoms with Crippen LogP contribution in [-0.4, -0.2) is 12.4 Å². The topological polar surface area (TPSA) is 26.3 Å². The molecule has 0 radical (unpaired) electrons. The molecule has 3 rings (SSSR count). The lowest BCUT2D eigenvalue weighted by molar-refractivity contribution is -0.123. The maximum absolute atomic E-state index is 12.8. The molecule has 0 spiro atoms. The van der Waals surface area contributed by atoms with Crippen LogP contribution in [0.25, 0.3) is 11.1 Å². The summed E-state index contributed by atoms with van der Waals surface area (Å²) in [4.78, 5) is 12.8. The molecule has 0 bridgehead atoms. The highest BCUT2D eigenvalue weighted by Gasteiger charge is 2.29. The standard InChI is InChI=1S/C32H46O2/c1-3-5-7-8-9-10-12-24-34-30-21-19-28(20-22-30)27-15-17-29(18-16-27)31-23-14-26(25-32(31)33)13-11-6-4-2/h15-22,26,31H,3-14,23-25H2,1-2H3. The van der Waals surface area contributed by atoms with E-state index in [2.05, 4.69) is 62.4 Å². The van der Waals surface area contributed by atoms with Gasteiger partial charge in [0, 0.05) is 12.3 Å². The molecule has 0 heterocycles. The number of ether oxygens (including phenoxy) is 1. The van der Waals surface area contributed by atoms with Crippen molar-refractivity contribution < 1.29 is 9.53 Å². The molecule has 0 aliphatic heterocycles. The lowest BCUT2D eigenvalue weighted by atomic mass is 9.76. The minimum atomic E-state index is 0.0962. The second-order valence-electron chi connectivity index (χ2n) is 10.3. The molecule has 2 aromatic carbocycles. The van der Waals surface area contributed by atoms with Gasteiger partial charge in [-0.15, -0.1) is 0 Å². The van der Waals surface area contributed by atoms with Crippen LogP contribution >= 0.6 is 0 Å². The third-order valence-electron chi connectivity index (χ3n) is 7.48. The van der Waals surface area contributed by atoms with Crippen molar-refractivity contribution in [2.45, 2.75) is 110 Å². The molecular formula is C32H46O2. The van der Waals surface area contributed by atoms with Crippen LogP contribution in [0.4, 0.5) is 0 Å². The lowest BCUT2D eigenvalue weighted by Gasteiger charge is -2.27. The average molecular weight is 463 g/mol. The summed E-state index contributed by atoms with van der Waals surface area (Å²) in [6.45, 7) is 5.31. The first-order chi connectivity index (χ1) is 16.7. The molecule has 34 heavy (non-hydrogen) atoms. The van der Waals surface area contributed by atoms with E-state index < -0.39 is 0 Å². The van der Waals surface area contributed by atoms with Gasteiger partial charge in [-0.25, -0.2) is 0 Å². The Bertz CT molecular complexity index is 821. The molecule has 2 heteroatoms. The van der Waals surface area contributed by atoms with Crippen LogP contribution in [0, 0.1) is 5.92 Å². The SMILES string of the molecule is CCCCCCCCCOc1ccc(-c2ccc(C3CCC(CCCCC)CC3=O)cc2)cc1. The molecule has 1 aliphatic rings. The van der Waals surface area contributed by atoms with Crippen LogP contribution in [-0.2, 0) is 4.79 Å². The van der Waals surface area contributed by atoms with Gasteiger partial charge in [-0.1, -0.05) is 114 Å². The Morgan fingerprint density at radius 1 is 0.706 bits per heavy atom. The van der Waals surface area contributed by atoms with Gasteiger partial charge >= 0.3 is 0 Å². The quantitative estimate of drug-likeness (QED) is 0.246. The van der Waals surface area contributed by atoms with Gasteiger partial charge in [0.25, 0.3) is 0 Å². The second-order valence-corrected chi connectivity index (χ2v) is 10.3. The zero-order chi connectivity index (χ0) is 24.0. The van der Waals surface area contributed by atoms with Crippen LogP contribution in [0.2, 0.25) is 0 Å². The van der Waals surface area contributed by atoms with Gasteiger partial charge in [-0.2, -0.15) is 0 Å². The number of benzene rings is 2. The number of Topliss-reactive ketones (excluding diaryl/α,β-unsaturated/α-hetero) is 1. The summed E-state index contributed by atoms with van der Waals surface area (Å²) in [5.41, 5.74) is 3.58. The Hall–Kier alpha value is -2.09. The third-order valence-corrected chi connectivity index (χ3v) is 7.48. The van der Waals surface area contributed by atoms with Gasteiger partial charge < -0.3 is 4.74 Å². The van der Waals surface area contributed by atoms with Gasteiger partial charge in [0.2, 0.25) is 0 Å². The van der Waals surface area contributed by atoms with Crippen molar-refractivity contribution in [2.24, 2.45) is 5.92 Å². The average Bonchev–Trinajstić information content (AvgIpc) is 2.86. The smallest absolute Gasteiger partial charge is 0.140 e. The Morgan fingerprint density at radius 2 is 1.29 bits per heavy atom. The van der Waals surface area contributed by atoms with Crippen molar-refractivity contribution in [1.82, 2.24) is 0 Å². The monoisotopic (exact) mass is 462 g/mol. The van der Waals surface area contributed by atoms with E-state index in [1.165, 1.54) is 87.3 Å². The van der Waals surface area contributed by atoms with Crippen molar-refractivity contribution in [3.63, 3.8) is 0 Å². The second kappa shape index (κ2) is 15.0. The zero-order valence-corrected chi connectivity index (χ0v) is 21.7. The van der Waals surface area contributed by atoms with E-state index in [-0.39, 0.29) is 5.92 Å². The zero-order valence-electron chi connectivity index (χ0n) is 21.7. The minimum Gasteiger partial charge on any atom is -0.494 e. The molecular weight excluding hydrogens is 416 g/mol. The number of carbonyl (C=O) groups is 1. The van der Waals surface area contributed by atoms with Gasteiger partial charge in [-0.05, 0) is 54.0 Å². The number of carbonyl (C=O) groups excluding carboxylic acids is 1. The van der Waals surface area contributed by atoms with Crippen LogP contribution in [0.3, 0.4) is 0 Å². The summed E-state index contributed by atoms with van der Waals surface area (Å²) >= 11 is 0. The molecule has 0 saturated heterocycles. The number of unbranched alkanes of at least 4 members (excludes halogenated alkanes) is 8. The molecule has 2 nitrogen and oxygen atoms in total. The molecule has 0 amide bonds. The molecule has 2 aromatic rings. The molecule has 1 saturated carbocycles. The molecule has 0 aromatic heterocycles. The van der Waals surface area contributed by atoms with Crippen LogP contribution in [0.15, 0.2) is 48.5 Å². The Labute approximate surface area is 208 Å². The van der Waals surface area contributed by atoms with Gasteiger partial charge in [0.05, 0.1) is 6.61 Å². The molecule has 2 unspecified atom stereocenters. The first-order valence-electron chi connectivity index (χ1n) is 14.1. The van der Waals surface area contributed by atoms with E-state index in [4.69, 9.17) is 4.74 Å². The van der Waals surface area contributed by atoms with E-state index >= 15 is 0 Å². The van der Waals surface area contributed by atoms with E-state index in [0.29, 0.717) is 11.7 Å². The maximum Gasteiger partial charge on any atom is 0.140 e. The normalized spacial score (nSPS) is 18.2. The largest absolute Gasteiger partial charge is 0.494 e. The van der Waals surface area contributed by atoms with Gasteiger partial charge in [0.1, 0.15) is 11.5 Å². The Kier molecular flexibility index (Phi) is 11.7. The first kappa shape index (κ1) is 26.5. The first-order valence-corrected chi connectivity index (χ1v) is 14.1. The maximum atomic E-state index is 12.8. The predicted octanol–water partition coefficient (Wildman–Crippen LogP) is 9.52. The lowest BCUT2D eigenvalue weighted by Crippen LogP contribution is -2.23. The van der Waals surface area contributed by atoms with Crippen molar-refractivity contribution in [2.75, 3.05) is 6.61 Å². The summed E-state index contributed by atoms with van der Waals surface area (Å²) in [7, 11) is 0. The Morgan fingerprint density at radius 3 is 1.94 bits per heavy atom. The van der Waals surface area contributed by atoms with Crippen LogP contribution in [0.1, 0.15) is 115 Å². The van der Waals surface area contributed by atoms with Crippen LogP contribution in [0.5, 0.6) is 5.75 Å². The molecule has 2 atom stereocenters. The van der Waals surface area contributed by atoms with Crippen molar-refractivity contribution in [3.05, 3.63) is 54.1 Å². The third kappa shape index (κ3) is 8.60. The van der Waals surface area contributed by atoms with Gasteiger partial charge in [0.15, 0.2) is 0 Å². The number of rotatable bonds is 15.